The number of aliphatic carboxylic acids is 1. The van der Waals surface area contributed by atoms with Crippen molar-refractivity contribution in [1.82, 2.24) is 4.90 Å². The molecule has 16 heavy (non-hydrogen) atoms. The molecule has 0 aromatic heterocycles. The lowest BCUT2D eigenvalue weighted by atomic mass is 10.1. The van der Waals surface area contributed by atoms with E-state index in [4.69, 9.17) is 10.8 Å². The fraction of sp³-hybridized carbons (Fsp3) is 0.909. The van der Waals surface area contributed by atoms with Crippen molar-refractivity contribution in [1.29, 1.82) is 0 Å². The fourth-order valence-corrected chi connectivity index (χ4v) is 2.99. The zero-order valence-corrected chi connectivity index (χ0v) is 10.9. The molecule has 0 radical (unpaired) electrons. The molecular formula is C11H22N2O2S. The van der Waals surface area contributed by atoms with Crippen LogP contribution in [0.3, 0.4) is 0 Å². The van der Waals surface area contributed by atoms with E-state index in [1.165, 1.54) is 25.9 Å². The summed E-state index contributed by atoms with van der Waals surface area (Å²) in [5.41, 5.74) is 5.65. The van der Waals surface area contributed by atoms with Crippen LogP contribution in [-0.4, -0.2) is 52.2 Å². The Morgan fingerprint density at radius 2 is 2.06 bits per heavy atom. The normalized spacial score (nSPS) is 19.9. The highest BCUT2D eigenvalue weighted by atomic mass is 32.2. The molecule has 1 saturated heterocycles. The first-order valence-corrected chi connectivity index (χ1v) is 6.77. The number of nitrogens with zero attached hydrogens (tertiary/aromatic N) is 1. The number of carbonyl (C=O) groups is 1. The Morgan fingerprint density at radius 3 is 2.56 bits per heavy atom. The van der Waals surface area contributed by atoms with Gasteiger partial charge in [0, 0.05) is 17.0 Å². The molecular weight excluding hydrogens is 224 g/mol. The van der Waals surface area contributed by atoms with Crippen molar-refractivity contribution in [2.45, 2.75) is 37.5 Å². The zero-order valence-electron chi connectivity index (χ0n) is 10.1. The van der Waals surface area contributed by atoms with Crippen molar-refractivity contribution in [3.05, 3.63) is 0 Å². The number of carboxylic acid groups (broad SMARTS) is 1. The van der Waals surface area contributed by atoms with Crippen LogP contribution in [0.15, 0.2) is 0 Å². The summed E-state index contributed by atoms with van der Waals surface area (Å²) in [5, 5.41) is 8.88. The van der Waals surface area contributed by atoms with Gasteiger partial charge in [-0.1, -0.05) is 0 Å². The Kier molecular flexibility index (Phi) is 5.08. The van der Waals surface area contributed by atoms with Gasteiger partial charge >= 0.3 is 5.97 Å². The number of carboxylic acids is 1. The highest BCUT2D eigenvalue weighted by Crippen LogP contribution is 2.27. The minimum Gasteiger partial charge on any atom is -0.480 e. The van der Waals surface area contributed by atoms with Crippen LogP contribution < -0.4 is 5.73 Å². The SMILES string of the molecule is CC(C)(SCCN1CCCC1)[C@H](N)C(=O)O. The molecule has 0 aromatic carbocycles. The van der Waals surface area contributed by atoms with Gasteiger partial charge in [-0.2, -0.15) is 11.8 Å². The van der Waals surface area contributed by atoms with Crippen molar-refractivity contribution in [2.24, 2.45) is 5.73 Å². The van der Waals surface area contributed by atoms with E-state index in [-0.39, 0.29) is 0 Å². The monoisotopic (exact) mass is 246 g/mol. The summed E-state index contributed by atoms with van der Waals surface area (Å²) in [6.07, 6.45) is 2.59. The van der Waals surface area contributed by atoms with Crippen LogP contribution in [0.4, 0.5) is 0 Å². The van der Waals surface area contributed by atoms with Gasteiger partial charge in [0.1, 0.15) is 6.04 Å². The van der Waals surface area contributed by atoms with Crippen LogP contribution in [0.1, 0.15) is 26.7 Å². The fourth-order valence-electron chi connectivity index (χ4n) is 1.83. The minimum atomic E-state index is -0.918. The van der Waals surface area contributed by atoms with Gasteiger partial charge in [-0.05, 0) is 39.8 Å². The Morgan fingerprint density at radius 1 is 1.50 bits per heavy atom. The number of likely N-dealkylation sites (tertiary alicyclic amines) is 1. The van der Waals surface area contributed by atoms with Gasteiger partial charge in [-0.25, -0.2) is 0 Å². The summed E-state index contributed by atoms with van der Waals surface area (Å²) < 4.78 is -0.397. The van der Waals surface area contributed by atoms with Crippen molar-refractivity contribution in [3.63, 3.8) is 0 Å². The van der Waals surface area contributed by atoms with Gasteiger partial charge in [0.15, 0.2) is 0 Å². The zero-order chi connectivity index (χ0) is 12.2. The van der Waals surface area contributed by atoms with Crippen molar-refractivity contribution in [2.75, 3.05) is 25.4 Å². The van der Waals surface area contributed by atoms with E-state index in [0.717, 1.165) is 12.3 Å². The summed E-state index contributed by atoms with van der Waals surface area (Å²) in [6.45, 7) is 7.22. The van der Waals surface area contributed by atoms with Crippen LogP contribution in [0.2, 0.25) is 0 Å². The number of thioether (sulfide) groups is 1. The molecule has 1 rings (SSSR count). The smallest absolute Gasteiger partial charge is 0.321 e. The van der Waals surface area contributed by atoms with Crippen molar-refractivity contribution >= 4 is 17.7 Å². The predicted octanol–water partition coefficient (Wildman–Crippen LogP) is 1.01. The topological polar surface area (TPSA) is 66.6 Å². The Balaban J connectivity index is 2.26. The molecule has 0 amide bonds. The van der Waals surface area contributed by atoms with Crippen LogP contribution in [0.5, 0.6) is 0 Å². The molecule has 1 aliphatic heterocycles. The second-order valence-corrected chi connectivity index (χ2v) is 6.57. The minimum absolute atomic E-state index is 0.397. The van der Waals surface area contributed by atoms with E-state index in [1.807, 2.05) is 13.8 Å². The molecule has 1 heterocycles. The van der Waals surface area contributed by atoms with E-state index in [1.54, 1.807) is 11.8 Å². The predicted molar refractivity (Wildman–Crippen MR) is 67.8 cm³/mol. The van der Waals surface area contributed by atoms with Crippen LogP contribution in [-0.2, 0) is 4.79 Å². The third-order valence-electron chi connectivity index (χ3n) is 3.10. The van der Waals surface area contributed by atoms with E-state index in [2.05, 4.69) is 4.90 Å². The third kappa shape index (κ3) is 3.96. The van der Waals surface area contributed by atoms with Gasteiger partial charge in [-0.3, -0.25) is 4.79 Å². The summed E-state index contributed by atoms with van der Waals surface area (Å²) in [7, 11) is 0. The molecule has 0 saturated carbocycles. The Bertz CT molecular complexity index is 240. The quantitative estimate of drug-likeness (QED) is 0.732. The molecule has 1 fully saturated rings. The maximum Gasteiger partial charge on any atom is 0.321 e. The first-order chi connectivity index (χ1) is 7.43. The van der Waals surface area contributed by atoms with Gasteiger partial charge < -0.3 is 15.7 Å². The van der Waals surface area contributed by atoms with Gasteiger partial charge in [0.05, 0.1) is 0 Å². The Hall–Kier alpha value is -0.260. The van der Waals surface area contributed by atoms with Gasteiger partial charge in [0.2, 0.25) is 0 Å². The highest BCUT2D eigenvalue weighted by Gasteiger charge is 2.32. The molecule has 1 atom stereocenters. The molecule has 3 N–H and O–H groups in total. The first-order valence-electron chi connectivity index (χ1n) is 5.78. The molecule has 0 unspecified atom stereocenters. The van der Waals surface area contributed by atoms with E-state index < -0.39 is 16.8 Å². The largest absolute Gasteiger partial charge is 0.480 e. The van der Waals surface area contributed by atoms with Crippen LogP contribution >= 0.6 is 11.8 Å². The molecule has 0 aromatic rings. The average molecular weight is 246 g/mol. The van der Waals surface area contributed by atoms with Gasteiger partial charge in [0.25, 0.3) is 0 Å². The van der Waals surface area contributed by atoms with Gasteiger partial charge in [-0.15, -0.1) is 0 Å². The average Bonchev–Trinajstić information content (AvgIpc) is 2.69. The van der Waals surface area contributed by atoms with Crippen LogP contribution in [0, 0.1) is 0 Å². The first kappa shape index (κ1) is 13.8. The Labute approximate surface area is 102 Å². The molecule has 0 spiro atoms. The lowest BCUT2D eigenvalue weighted by Gasteiger charge is -2.28. The van der Waals surface area contributed by atoms with E-state index in [9.17, 15) is 4.79 Å². The second-order valence-electron chi connectivity index (χ2n) is 4.82. The molecule has 0 bridgehead atoms. The summed E-state index contributed by atoms with van der Waals surface area (Å²) in [6, 6.07) is -0.795. The molecule has 5 heteroatoms. The van der Waals surface area contributed by atoms with E-state index in [0.29, 0.717) is 0 Å². The number of hydrogen-bond donors (Lipinski definition) is 2. The summed E-state index contributed by atoms with van der Waals surface area (Å²) >= 11 is 1.65. The lowest BCUT2D eigenvalue weighted by Crippen LogP contribution is -2.47. The standard InChI is InChI=1S/C11H22N2O2S/c1-11(2,9(12)10(14)15)16-8-7-13-5-3-4-6-13/h9H,3-8,12H2,1-2H3,(H,14,15)/t9-/m1/s1. The molecule has 1 aliphatic rings. The van der Waals surface area contributed by atoms with Crippen molar-refractivity contribution < 1.29 is 9.90 Å². The highest BCUT2D eigenvalue weighted by molar-refractivity contribution is 8.00. The summed E-state index contributed by atoms with van der Waals surface area (Å²) in [5.74, 6) is 0.0345. The summed E-state index contributed by atoms with van der Waals surface area (Å²) in [4.78, 5) is 13.2. The maximum atomic E-state index is 10.8. The maximum absolute atomic E-state index is 10.8. The molecule has 0 aliphatic carbocycles. The van der Waals surface area contributed by atoms with Crippen LogP contribution in [0.25, 0.3) is 0 Å². The number of rotatable bonds is 6. The van der Waals surface area contributed by atoms with Crippen molar-refractivity contribution in [3.8, 4) is 0 Å². The number of hydrogen-bond acceptors (Lipinski definition) is 4. The third-order valence-corrected chi connectivity index (χ3v) is 4.48. The van der Waals surface area contributed by atoms with E-state index >= 15 is 0 Å². The number of nitrogens with two attached hydrogens (primary N) is 1. The lowest BCUT2D eigenvalue weighted by molar-refractivity contribution is -0.139. The second kappa shape index (κ2) is 5.89. The molecule has 94 valence electrons. The molecule has 4 nitrogen and oxygen atoms in total.